The van der Waals surface area contributed by atoms with Crippen molar-refractivity contribution in [3.05, 3.63) is 66.0 Å². The van der Waals surface area contributed by atoms with E-state index in [2.05, 4.69) is 10.7 Å². The fourth-order valence-corrected chi connectivity index (χ4v) is 4.57. The summed E-state index contributed by atoms with van der Waals surface area (Å²) < 4.78 is 40.3. The number of rotatable bonds is 11. The minimum atomic E-state index is -4.44. The van der Waals surface area contributed by atoms with Gasteiger partial charge in [0.1, 0.15) is 17.9 Å². The van der Waals surface area contributed by atoms with Gasteiger partial charge >= 0.3 is 0 Å². The topological polar surface area (TPSA) is 171 Å². The maximum atomic E-state index is 13.3. The lowest BCUT2D eigenvalue weighted by Crippen LogP contribution is -2.60. The summed E-state index contributed by atoms with van der Waals surface area (Å²) in [5.74, 6) is -2.98. The summed E-state index contributed by atoms with van der Waals surface area (Å²) in [5, 5.41) is 10.0. The molecule has 0 aliphatic heterocycles. The minimum absolute atomic E-state index is 0.0311. The van der Waals surface area contributed by atoms with Gasteiger partial charge in [0, 0.05) is 6.42 Å². The predicted octanol–water partition coefficient (Wildman–Crippen LogP) is 0.596. The Bertz CT molecular complexity index is 1080. The van der Waals surface area contributed by atoms with Crippen LogP contribution in [0, 0.1) is 11.2 Å². The number of nitrogens with one attached hydrogen (secondary N) is 3. The minimum Gasteiger partial charge on any atom is -0.369 e. The van der Waals surface area contributed by atoms with Gasteiger partial charge in [-0.1, -0.05) is 48.1 Å². The molecule has 178 valence electrons. The molecule has 0 spiro atoms. The Labute approximate surface area is 191 Å². The Balaban J connectivity index is 2.38. The van der Waals surface area contributed by atoms with Crippen LogP contribution in [-0.2, 0) is 26.0 Å². The number of hydrogen-bond donors (Lipinski definition) is 5. The number of carbonyl (C=O) groups is 2. The first-order chi connectivity index (χ1) is 15.6. The number of carbonyl (C=O) groups excluding carboxylic acids is 2. The van der Waals surface area contributed by atoms with E-state index in [-0.39, 0.29) is 17.7 Å². The standard InChI is InChI=1S/C21H27FN6O4S/c1-2-6-18(20(30)26-17(19(23)29)13-14-7-4-3-5-8-14)28(27-21(24)25)33(31,32)16-11-9-15(22)10-12-16/h3-5,7-12,17-18H,2,6,13H2,1H3,(H2,23,29)(H,26,30)(H4,24,25,27)/t17-,18-/m0/s1. The average Bonchev–Trinajstić information content (AvgIpc) is 2.76. The molecule has 2 aromatic carbocycles. The molecule has 10 nitrogen and oxygen atoms in total. The fraction of sp³-hybridized carbons (Fsp3) is 0.286. The molecular weight excluding hydrogens is 451 g/mol. The van der Waals surface area contributed by atoms with E-state index in [4.69, 9.17) is 16.9 Å². The molecule has 2 amide bonds. The first-order valence-corrected chi connectivity index (χ1v) is 11.5. The highest BCUT2D eigenvalue weighted by atomic mass is 32.2. The van der Waals surface area contributed by atoms with Gasteiger partial charge in [-0.05, 0) is 36.2 Å². The van der Waals surface area contributed by atoms with Crippen LogP contribution in [0.3, 0.4) is 0 Å². The van der Waals surface area contributed by atoms with Crippen LogP contribution in [0.4, 0.5) is 4.39 Å². The van der Waals surface area contributed by atoms with Crippen molar-refractivity contribution in [3.63, 3.8) is 0 Å². The van der Waals surface area contributed by atoms with Crippen LogP contribution < -0.4 is 22.2 Å². The number of sulfonamides is 1. The summed E-state index contributed by atoms with van der Waals surface area (Å²) in [6, 6.07) is 10.3. The molecule has 0 aliphatic rings. The van der Waals surface area contributed by atoms with Crippen LogP contribution in [-0.4, -0.2) is 42.7 Å². The first-order valence-electron chi connectivity index (χ1n) is 10.1. The molecule has 0 heterocycles. The molecule has 0 bridgehead atoms. The molecule has 0 fully saturated rings. The number of primary amides is 1. The number of nitrogens with zero attached hydrogens (tertiary/aromatic N) is 1. The largest absolute Gasteiger partial charge is 0.369 e. The van der Waals surface area contributed by atoms with Crippen LogP contribution in [0.1, 0.15) is 25.3 Å². The van der Waals surface area contributed by atoms with Gasteiger partial charge in [-0.15, -0.1) is 0 Å². The second-order valence-corrected chi connectivity index (χ2v) is 9.05. The Kier molecular flexibility index (Phi) is 8.88. The predicted molar refractivity (Wildman–Crippen MR) is 120 cm³/mol. The fourth-order valence-electron chi connectivity index (χ4n) is 3.11. The second kappa shape index (κ2) is 11.4. The van der Waals surface area contributed by atoms with Gasteiger partial charge in [-0.3, -0.25) is 20.4 Å². The zero-order valence-corrected chi connectivity index (χ0v) is 18.8. The average molecular weight is 479 g/mol. The van der Waals surface area contributed by atoms with E-state index < -0.39 is 45.7 Å². The highest BCUT2D eigenvalue weighted by Crippen LogP contribution is 2.20. The maximum Gasteiger partial charge on any atom is 0.260 e. The highest BCUT2D eigenvalue weighted by molar-refractivity contribution is 7.89. The molecular formula is C21H27FN6O4S. The molecule has 2 rings (SSSR count). The number of halogens is 1. The van der Waals surface area contributed by atoms with Gasteiger partial charge in [-0.25, -0.2) is 12.8 Å². The van der Waals surface area contributed by atoms with E-state index in [9.17, 15) is 22.4 Å². The van der Waals surface area contributed by atoms with Crippen LogP contribution in [0.2, 0.25) is 0 Å². The van der Waals surface area contributed by atoms with Crippen molar-refractivity contribution in [2.45, 2.75) is 43.2 Å². The quantitative estimate of drug-likeness (QED) is 0.180. The van der Waals surface area contributed by atoms with Crippen LogP contribution >= 0.6 is 0 Å². The number of nitrogens with two attached hydrogens (primary N) is 2. The summed E-state index contributed by atoms with van der Waals surface area (Å²) >= 11 is 0. The zero-order valence-electron chi connectivity index (χ0n) is 18.0. The van der Waals surface area contributed by atoms with Crippen molar-refractivity contribution in [1.29, 1.82) is 5.41 Å². The third-order valence-electron chi connectivity index (χ3n) is 4.69. The molecule has 33 heavy (non-hydrogen) atoms. The van der Waals surface area contributed by atoms with E-state index in [1.165, 1.54) is 0 Å². The van der Waals surface area contributed by atoms with Gasteiger partial charge in [0.05, 0.1) is 4.90 Å². The lowest BCUT2D eigenvalue weighted by Gasteiger charge is -2.31. The first kappa shape index (κ1) is 25.7. The molecule has 0 saturated heterocycles. The summed E-state index contributed by atoms with van der Waals surface area (Å²) in [7, 11) is -4.44. The van der Waals surface area contributed by atoms with Crippen LogP contribution in [0.15, 0.2) is 59.5 Å². The van der Waals surface area contributed by atoms with E-state index in [1.54, 1.807) is 37.3 Å². The van der Waals surface area contributed by atoms with Gasteiger partial charge in [0.15, 0.2) is 0 Å². The van der Waals surface area contributed by atoms with Crippen LogP contribution in [0.25, 0.3) is 0 Å². The second-order valence-electron chi connectivity index (χ2n) is 7.24. The lowest BCUT2D eigenvalue weighted by molar-refractivity contribution is -0.130. The lowest BCUT2D eigenvalue weighted by atomic mass is 10.0. The van der Waals surface area contributed by atoms with Gasteiger partial charge in [0.2, 0.25) is 17.8 Å². The summed E-state index contributed by atoms with van der Waals surface area (Å²) in [6.07, 6.45) is 0.516. The molecule has 0 unspecified atom stereocenters. The highest BCUT2D eigenvalue weighted by Gasteiger charge is 2.37. The van der Waals surface area contributed by atoms with Crippen molar-refractivity contribution in [2.24, 2.45) is 11.5 Å². The third-order valence-corrected chi connectivity index (χ3v) is 6.42. The van der Waals surface area contributed by atoms with Crippen molar-refractivity contribution >= 4 is 27.8 Å². The number of hydrogen-bond acceptors (Lipinski definition) is 5. The monoisotopic (exact) mass is 478 g/mol. The molecule has 2 aromatic rings. The molecule has 12 heteroatoms. The van der Waals surface area contributed by atoms with Crippen LogP contribution in [0.5, 0.6) is 0 Å². The molecule has 0 aromatic heterocycles. The maximum absolute atomic E-state index is 13.3. The van der Waals surface area contributed by atoms with Gasteiger partial charge < -0.3 is 16.8 Å². The van der Waals surface area contributed by atoms with E-state index in [0.29, 0.717) is 10.8 Å². The summed E-state index contributed by atoms with van der Waals surface area (Å²) in [6.45, 7) is 1.73. The smallest absolute Gasteiger partial charge is 0.260 e. The Morgan fingerprint density at radius 3 is 2.21 bits per heavy atom. The number of amides is 2. The molecule has 0 radical (unpaired) electrons. The van der Waals surface area contributed by atoms with E-state index in [1.807, 2.05) is 0 Å². The number of hydrazine groups is 1. The van der Waals surface area contributed by atoms with Gasteiger partial charge in [0.25, 0.3) is 10.0 Å². The molecule has 0 aliphatic carbocycles. The summed E-state index contributed by atoms with van der Waals surface area (Å²) in [4.78, 5) is 24.8. The Morgan fingerprint density at radius 1 is 1.09 bits per heavy atom. The van der Waals surface area contributed by atoms with E-state index >= 15 is 0 Å². The third kappa shape index (κ3) is 6.99. The summed E-state index contributed by atoms with van der Waals surface area (Å²) in [5.41, 5.74) is 13.8. The van der Waals surface area contributed by atoms with Crippen molar-refractivity contribution in [1.82, 2.24) is 15.2 Å². The van der Waals surface area contributed by atoms with E-state index in [0.717, 1.165) is 29.8 Å². The number of guanidine groups is 1. The van der Waals surface area contributed by atoms with Crippen molar-refractivity contribution in [3.8, 4) is 0 Å². The van der Waals surface area contributed by atoms with Crippen molar-refractivity contribution < 1.29 is 22.4 Å². The SMILES string of the molecule is CCC[C@@H](C(=O)N[C@@H](Cc1ccccc1)C(N)=O)N(NC(=N)N)S(=O)(=O)c1ccc(F)cc1. The molecule has 7 N–H and O–H groups in total. The Hall–Kier alpha value is -3.51. The van der Waals surface area contributed by atoms with Gasteiger partial charge in [-0.2, -0.15) is 0 Å². The van der Waals surface area contributed by atoms with Crippen molar-refractivity contribution in [2.75, 3.05) is 0 Å². The number of benzene rings is 2. The molecule has 2 atom stereocenters. The zero-order chi connectivity index (χ0) is 24.6. The Morgan fingerprint density at radius 2 is 1.70 bits per heavy atom. The normalized spacial score (nSPS) is 13.2. The molecule has 0 saturated carbocycles.